The van der Waals surface area contributed by atoms with Gasteiger partial charge < -0.3 is 10.4 Å². The van der Waals surface area contributed by atoms with Gasteiger partial charge in [0, 0.05) is 13.7 Å². The molecule has 0 aromatic heterocycles. The normalized spacial score (nSPS) is 11.4. The Morgan fingerprint density at radius 2 is 2.07 bits per heavy atom. The molecule has 0 unspecified atom stereocenters. The number of hydrogen-bond acceptors (Lipinski definition) is 4. The third kappa shape index (κ3) is 7.54. The zero-order valence-corrected chi connectivity index (χ0v) is 8.53. The van der Waals surface area contributed by atoms with E-state index >= 15 is 0 Å². The number of aliphatic hydroxyl groups is 1. The fourth-order valence-corrected chi connectivity index (χ4v) is 1.16. The number of hydrogen-bond donors (Lipinski definition) is 2. The summed E-state index contributed by atoms with van der Waals surface area (Å²) in [5, 5.41) is 21.5. The molecule has 0 spiro atoms. The Morgan fingerprint density at radius 3 is 2.57 bits per heavy atom. The van der Waals surface area contributed by atoms with Crippen molar-refractivity contribution in [1.82, 2.24) is 5.32 Å². The van der Waals surface area contributed by atoms with Crippen LogP contribution in [-0.4, -0.2) is 23.7 Å². The highest BCUT2D eigenvalue weighted by atomic mass is 16.6. The zero-order chi connectivity index (χ0) is 10.8. The number of nitro groups is 1. The summed E-state index contributed by atoms with van der Waals surface area (Å²) in [5.41, 5.74) is 0.652. The molecule has 0 fully saturated rings. The van der Waals surface area contributed by atoms with Crippen LogP contribution in [-0.2, 0) is 0 Å². The first-order valence-electron chi connectivity index (χ1n) is 4.83. The Hall–Kier alpha value is -1.10. The largest absolute Gasteiger partial charge is 0.396 e. The molecule has 0 radical (unpaired) electrons. The number of nitrogens with one attached hydrogen (secondary N) is 1. The molecule has 0 bridgehead atoms. The van der Waals surface area contributed by atoms with Crippen molar-refractivity contribution in [2.45, 2.75) is 32.1 Å². The van der Waals surface area contributed by atoms with Gasteiger partial charge >= 0.3 is 0 Å². The lowest BCUT2D eigenvalue weighted by Crippen LogP contribution is -2.07. The highest BCUT2D eigenvalue weighted by molar-refractivity contribution is 4.92. The summed E-state index contributed by atoms with van der Waals surface area (Å²) < 4.78 is 0. The maximum atomic E-state index is 10.2. The van der Waals surface area contributed by atoms with E-state index in [9.17, 15) is 10.1 Å². The van der Waals surface area contributed by atoms with Gasteiger partial charge in [0.2, 0.25) is 0 Å². The highest BCUT2D eigenvalue weighted by Crippen LogP contribution is 2.07. The third-order valence-corrected chi connectivity index (χ3v) is 1.94. The van der Waals surface area contributed by atoms with Crippen LogP contribution in [0.1, 0.15) is 32.1 Å². The summed E-state index contributed by atoms with van der Waals surface area (Å²) in [5.74, 6) is 0. The average molecular weight is 202 g/mol. The standard InChI is InChI=1S/C9H18N2O3/c1-10-9(8-11(13)14)6-4-2-3-5-7-12/h8,10,12H,2-7H2,1H3. The van der Waals surface area contributed by atoms with E-state index < -0.39 is 4.92 Å². The van der Waals surface area contributed by atoms with Gasteiger partial charge in [0.25, 0.3) is 6.20 Å². The molecule has 82 valence electrons. The van der Waals surface area contributed by atoms with Gasteiger partial charge in [0.15, 0.2) is 0 Å². The van der Waals surface area contributed by atoms with E-state index in [1.165, 1.54) is 0 Å². The minimum atomic E-state index is -0.445. The lowest BCUT2D eigenvalue weighted by Gasteiger charge is -2.03. The summed E-state index contributed by atoms with van der Waals surface area (Å²) in [4.78, 5) is 9.72. The van der Waals surface area contributed by atoms with Crippen LogP contribution >= 0.6 is 0 Å². The van der Waals surface area contributed by atoms with Crippen LogP contribution in [0.3, 0.4) is 0 Å². The Kier molecular flexibility index (Phi) is 7.83. The molecule has 0 atom stereocenters. The van der Waals surface area contributed by atoms with Crippen molar-refractivity contribution in [1.29, 1.82) is 0 Å². The first-order valence-corrected chi connectivity index (χ1v) is 4.83. The second-order valence-electron chi connectivity index (χ2n) is 3.08. The van der Waals surface area contributed by atoms with Crippen molar-refractivity contribution >= 4 is 0 Å². The molecule has 0 saturated carbocycles. The Labute approximate surface area is 84.0 Å². The van der Waals surface area contributed by atoms with Gasteiger partial charge in [-0.2, -0.15) is 0 Å². The minimum Gasteiger partial charge on any atom is -0.396 e. The summed E-state index contributed by atoms with van der Waals surface area (Å²) in [6.45, 7) is 0.226. The molecule has 0 saturated heterocycles. The number of rotatable bonds is 8. The number of aliphatic hydroxyl groups excluding tert-OH is 1. The van der Waals surface area contributed by atoms with Gasteiger partial charge in [-0.1, -0.05) is 12.8 Å². The first kappa shape index (κ1) is 12.9. The highest BCUT2D eigenvalue weighted by Gasteiger charge is 1.99. The predicted octanol–water partition coefficient (Wildman–Crippen LogP) is 1.27. The van der Waals surface area contributed by atoms with E-state index in [-0.39, 0.29) is 6.61 Å². The lowest BCUT2D eigenvalue weighted by molar-refractivity contribution is -0.403. The molecule has 0 amide bonds. The van der Waals surface area contributed by atoms with Crippen molar-refractivity contribution in [3.05, 3.63) is 22.0 Å². The fourth-order valence-electron chi connectivity index (χ4n) is 1.16. The lowest BCUT2D eigenvalue weighted by atomic mass is 10.1. The molecule has 0 aliphatic carbocycles. The topological polar surface area (TPSA) is 75.4 Å². The van der Waals surface area contributed by atoms with E-state index in [1.54, 1.807) is 7.05 Å². The average Bonchev–Trinajstić information content (AvgIpc) is 2.15. The molecule has 0 aliphatic heterocycles. The summed E-state index contributed by atoms with van der Waals surface area (Å²) >= 11 is 0. The van der Waals surface area contributed by atoms with E-state index in [4.69, 9.17) is 5.11 Å². The second-order valence-corrected chi connectivity index (χ2v) is 3.08. The monoisotopic (exact) mass is 202 g/mol. The second kappa shape index (κ2) is 8.50. The Morgan fingerprint density at radius 1 is 1.43 bits per heavy atom. The van der Waals surface area contributed by atoms with E-state index in [0.29, 0.717) is 12.1 Å². The number of allylic oxidation sites excluding steroid dienone is 1. The fraction of sp³-hybridized carbons (Fsp3) is 0.778. The summed E-state index contributed by atoms with van der Waals surface area (Å²) in [6, 6.07) is 0. The quantitative estimate of drug-likeness (QED) is 0.353. The van der Waals surface area contributed by atoms with Crippen LogP contribution in [0.5, 0.6) is 0 Å². The Balaban J connectivity index is 3.58. The van der Waals surface area contributed by atoms with E-state index in [2.05, 4.69) is 5.32 Å². The van der Waals surface area contributed by atoms with Crippen LogP contribution in [0.25, 0.3) is 0 Å². The summed E-state index contributed by atoms with van der Waals surface area (Å²) in [6.07, 6.45) is 5.41. The SMILES string of the molecule is CNC(=C[N+](=O)[O-])CCCCCCO. The van der Waals surface area contributed by atoms with Crippen LogP contribution < -0.4 is 5.32 Å². The van der Waals surface area contributed by atoms with Crippen molar-refractivity contribution in [2.75, 3.05) is 13.7 Å². The van der Waals surface area contributed by atoms with Crippen LogP contribution in [0, 0.1) is 10.1 Å². The molecule has 0 rings (SSSR count). The zero-order valence-electron chi connectivity index (χ0n) is 8.53. The van der Waals surface area contributed by atoms with Gasteiger partial charge in [-0.15, -0.1) is 0 Å². The van der Waals surface area contributed by atoms with Crippen LogP contribution in [0.4, 0.5) is 0 Å². The molecule has 0 aromatic rings. The molecule has 0 aliphatic rings. The minimum absolute atomic E-state index is 0.226. The molecule has 2 N–H and O–H groups in total. The van der Waals surface area contributed by atoms with Gasteiger partial charge in [0.05, 0.1) is 10.6 Å². The van der Waals surface area contributed by atoms with Crippen LogP contribution in [0.2, 0.25) is 0 Å². The molecule has 5 heteroatoms. The Bertz CT molecular complexity index is 192. The van der Waals surface area contributed by atoms with Gasteiger partial charge in [-0.25, -0.2) is 0 Å². The van der Waals surface area contributed by atoms with Crippen molar-refractivity contribution in [3.8, 4) is 0 Å². The molecule has 0 aromatic carbocycles. The predicted molar refractivity (Wildman–Crippen MR) is 54.3 cm³/mol. The maximum absolute atomic E-state index is 10.2. The van der Waals surface area contributed by atoms with Gasteiger partial charge in [-0.05, 0) is 19.3 Å². The van der Waals surface area contributed by atoms with Crippen molar-refractivity contribution in [2.24, 2.45) is 0 Å². The smallest absolute Gasteiger partial charge is 0.253 e. The van der Waals surface area contributed by atoms with Crippen molar-refractivity contribution < 1.29 is 10.0 Å². The maximum Gasteiger partial charge on any atom is 0.253 e. The van der Waals surface area contributed by atoms with Gasteiger partial charge in [0.1, 0.15) is 0 Å². The first-order chi connectivity index (χ1) is 6.70. The van der Waals surface area contributed by atoms with Crippen LogP contribution in [0.15, 0.2) is 11.9 Å². The molecular formula is C9H18N2O3. The molecule has 5 nitrogen and oxygen atoms in total. The third-order valence-electron chi connectivity index (χ3n) is 1.94. The van der Waals surface area contributed by atoms with E-state index in [0.717, 1.165) is 31.9 Å². The molecular weight excluding hydrogens is 184 g/mol. The molecule has 14 heavy (non-hydrogen) atoms. The molecule has 0 heterocycles. The van der Waals surface area contributed by atoms with Gasteiger partial charge in [-0.3, -0.25) is 10.1 Å². The number of nitrogens with zero attached hydrogens (tertiary/aromatic N) is 1. The summed E-state index contributed by atoms with van der Waals surface area (Å²) in [7, 11) is 1.68. The van der Waals surface area contributed by atoms with Crippen molar-refractivity contribution in [3.63, 3.8) is 0 Å². The van der Waals surface area contributed by atoms with E-state index in [1.807, 2.05) is 0 Å². The number of unbranched alkanes of at least 4 members (excludes halogenated alkanes) is 3.